The fourth-order valence-electron chi connectivity index (χ4n) is 2.35. The number of carbonyl (C=O) groups excluding carboxylic acids is 1. The zero-order valence-corrected chi connectivity index (χ0v) is 11.1. The van der Waals surface area contributed by atoms with E-state index in [-0.39, 0.29) is 0 Å². The largest absolute Gasteiger partial charge is 0.347 e. The molecule has 2 heteroatoms. The van der Waals surface area contributed by atoms with Crippen LogP contribution in [0.25, 0.3) is 10.9 Å². The lowest BCUT2D eigenvalue weighted by Gasteiger charge is -2.05. The van der Waals surface area contributed by atoms with Gasteiger partial charge in [0, 0.05) is 23.8 Å². The van der Waals surface area contributed by atoms with E-state index >= 15 is 0 Å². The number of fused-ring (bicyclic) bond motifs is 1. The maximum absolute atomic E-state index is 10.8. The molecule has 0 aliphatic carbocycles. The summed E-state index contributed by atoms with van der Waals surface area (Å²) in [6.07, 6.45) is 9.50. The molecule has 1 heterocycles. The average Bonchev–Trinajstić information content (AvgIpc) is 2.81. The van der Waals surface area contributed by atoms with Gasteiger partial charge in [-0.25, -0.2) is 0 Å². The molecule has 1 aromatic carbocycles. The Morgan fingerprint density at radius 2 is 1.94 bits per heavy atom. The zero-order chi connectivity index (χ0) is 12.8. The van der Waals surface area contributed by atoms with E-state index in [9.17, 15) is 4.79 Å². The number of aldehydes is 1. The van der Waals surface area contributed by atoms with E-state index < -0.39 is 0 Å². The minimum Gasteiger partial charge on any atom is -0.347 e. The maximum Gasteiger partial charge on any atom is 0.150 e. The predicted octanol–water partition coefficient (Wildman–Crippen LogP) is 4.42. The third kappa shape index (κ3) is 3.00. The second-order valence-electron chi connectivity index (χ2n) is 4.86. The van der Waals surface area contributed by atoms with Crippen LogP contribution in [0.2, 0.25) is 0 Å². The van der Waals surface area contributed by atoms with Crippen molar-refractivity contribution in [2.24, 2.45) is 0 Å². The molecular weight excluding hydrogens is 222 g/mol. The van der Waals surface area contributed by atoms with Crippen molar-refractivity contribution in [2.45, 2.75) is 45.6 Å². The second-order valence-corrected chi connectivity index (χ2v) is 4.86. The molecule has 0 atom stereocenters. The lowest BCUT2D eigenvalue weighted by Crippen LogP contribution is -1.96. The van der Waals surface area contributed by atoms with Crippen molar-refractivity contribution in [1.29, 1.82) is 0 Å². The van der Waals surface area contributed by atoms with Crippen LogP contribution in [0.1, 0.15) is 49.4 Å². The van der Waals surface area contributed by atoms with Crippen LogP contribution in [0.4, 0.5) is 0 Å². The number of aryl methyl sites for hydroxylation is 1. The number of benzene rings is 1. The molecule has 0 unspecified atom stereocenters. The SMILES string of the molecule is CCCCCCCn1ccc2ccc(C=O)cc21. The highest BCUT2D eigenvalue weighted by Gasteiger charge is 2.01. The number of hydrogen-bond acceptors (Lipinski definition) is 1. The van der Waals surface area contributed by atoms with Crippen LogP contribution in [-0.2, 0) is 6.54 Å². The maximum atomic E-state index is 10.8. The van der Waals surface area contributed by atoms with Gasteiger partial charge in [0.25, 0.3) is 0 Å². The van der Waals surface area contributed by atoms with Crippen LogP contribution < -0.4 is 0 Å². The molecular formula is C16H21NO. The van der Waals surface area contributed by atoms with E-state index in [0.29, 0.717) is 0 Å². The minimum atomic E-state index is 0.758. The molecule has 96 valence electrons. The predicted molar refractivity (Wildman–Crippen MR) is 76.1 cm³/mol. The Labute approximate surface area is 109 Å². The van der Waals surface area contributed by atoms with Crippen LogP contribution in [0.15, 0.2) is 30.5 Å². The summed E-state index contributed by atoms with van der Waals surface area (Å²) in [5.74, 6) is 0. The van der Waals surface area contributed by atoms with Crippen LogP contribution >= 0.6 is 0 Å². The first kappa shape index (κ1) is 12.9. The standard InChI is InChI=1S/C16H21NO/c1-2-3-4-5-6-10-17-11-9-15-8-7-14(13-18)12-16(15)17/h7-9,11-13H,2-6,10H2,1H3. The molecule has 18 heavy (non-hydrogen) atoms. The van der Waals surface area contributed by atoms with Gasteiger partial charge in [-0.2, -0.15) is 0 Å². The first-order valence-electron chi connectivity index (χ1n) is 6.89. The van der Waals surface area contributed by atoms with Gasteiger partial charge in [-0.3, -0.25) is 4.79 Å². The van der Waals surface area contributed by atoms with E-state index in [1.807, 2.05) is 18.2 Å². The normalized spacial score (nSPS) is 10.9. The van der Waals surface area contributed by atoms with Gasteiger partial charge in [-0.15, -0.1) is 0 Å². The van der Waals surface area contributed by atoms with Crippen LogP contribution in [0, 0.1) is 0 Å². The topological polar surface area (TPSA) is 22.0 Å². The summed E-state index contributed by atoms with van der Waals surface area (Å²) in [4.78, 5) is 10.8. The van der Waals surface area contributed by atoms with E-state index in [4.69, 9.17) is 0 Å². The molecule has 0 aliphatic heterocycles. The Hall–Kier alpha value is -1.57. The Balaban J connectivity index is 2.01. The highest BCUT2D eigenvalue weighted by molar-refractivity contribution is 5.87. The summed E-state index contributed by atoms with van der Waals surface area (Å²) in [6.45, 7) is 3.29. The fourth-order valence-corrected chi connectivity index (χ4v) is 2.35. The third-order valence-corrected chi connectivity index (χ3v) is 3.44. The number of hydrogen-bond donors (Lipinski definition) is 0. The monoisotopic (exact) mass is 243 g/mol. The highest BCUT2D eigenvalue weighted by Crippen LogP contribution is 2.18. The smallest absolute Gasteiger partial charge is 0.150 e. The molecule has 0 saturated heterocycles. The van der Waals surface area contributed by atoms with E-state index in [1.54, 1.807) is 0 Å². The van der Waals surface area contributed by atoms with E-state index in [0.717, 1.165) is 18.4 Å². The minimum absolute atomic E-state index is 0.758. The molecule has 0 amide bonds. The molecule has 1 aromatic heterocycles. The van der Waals surface area contributed by atoms with Gasteiger partial charge in [0.2, 0.25) is 0 Å². The highest BCUT2D eigenvalue weighted by atomic mass is 16.1. The lowest BCUT2D eigenvalue weighted by atomic mass is 10.1. The second kappa shape index (κ2) is 6.39. The number of aromatic nitrogens is 1. The van der Waals surface area contributed by atoms with Gasteiger partial charge < -0.3 is 4.57 Å². The summed E-state index contributed by atoms with van der Waals surface area (Å²) in [7, 11) is 0. The van der Waals surface area contributed by atoms with Crippen molar-refractivity contribution in [1.82, 2.24) is 4.57 Å². The first-order chi connectivity index (χ1) is 8.85. The fraction of sp³-hybridized carbons (Fsp3) is 0.438. The summed E-state index contributed by atoms with van der Waals surface area (Å²) in [5.41, 5.74) is 1.93. The summed E-state index contributed by atoms with van der Waals surface area (Å²) in [5, 5.41) is 1.22. The van der Waals surface area contributed by atoms with Crippen LogP contribution in [0.3, 0.4) is 0 Å². The molecule has 0 aliphatic rings. The van der Waals surface area contributed by atoms with Crippen molar-refractivity contribution in [2.75, 3.05) is 0 Å². The van der Waals surface area contributed by atoms with Crippen molar-refractivity contribution in [3.05, 3.63) is 36.0 Å². The molecule has 0 spiro atoms. The first-order valence-corrected chi connectivity index (χ1v) is 6.89. The number of carbonyl (C=O) groups is 1. The average molecular weight is 243 g/mol. The van der Waals surface area contributed by atoms with Gasteiger partial charge in [0.05, 0.1) is 0 Å². The van der Waals surface area contributed by atoms with Crippen molar-refractivity contribution < 1.29 is 4.79 Å². The number of nitrogens with zero attached hydrogens (tertiary/aromatic N) is 1. The molecule has 0 fully saturated rings. The van der Waals surface area contributed by atoms with Gasteiger partial charge in [-0.1, -0.05) is 44.7 Å². The Kier molecular flexibility index (Phi) is 4.57. The molecule has 0 radical (unpaired) electrons. The Morgan fingerprint density at radius 3 is 2.72 bits per heavy atom. The van der Waals surface area contributed by atoms with E-state index in [1.165, 1.54) is 43.0 Å². The van der Waals surface area contributed by atoms with Gasteiger partial charge >= 0.3 is 0 Å². The van der Waals surface area contributed by atoms with Crippen molar-refractivity contribution in [3.63, 3.8) is 0 Å². The lowest BCUT2D eigenvalue weighted by molar-refractivity contribution is 0.112. The molecule has 0 saturated carbocycles. The zero-order valence-electron chi connectivity index (χ0n) is 11.1. The molecule has 2 rings (SSSR count). The quantitative estimate of drug-likeness (QED) is 0.521. The molecule has 2 aromatic rings. The van der Waals surface area contributed by atoms with Gasteiger partial charge in [0.15, 0.2) is 0 Å². The third-order valence-electron chi connectivity index (χ3n) is 3.44. The summed E-state index contributed by atoms with van der Waals surface area (Å²) >= 11 is 0. The van der Waals surface area contributed by atoms with Gasteiger partial charge in [-0.05, 0) is 23.9 Å². The molecule has 0 bridgehead atoms. The van der Waals surface area contributed by atoms with Crippen LogP contribution in [-0.4, -0.2) is 10.9 Å². The summed E-state index contributed by atoms with van der Waals surface area (Å²) < 4.78 is 2.26. The number of rotatable bonds is 7. The van der Waals surface area contributed by atoms with Crippen molar-refractivity contribution >= 4 is 17.2 Å². The summed E-state index contributed by atoms with van der Waals surface area (Å²) in [6, 6.07) is 8.00. The van der Waals surface area contributed by atoms with E-state index in [2.05, 4.69) is 23.8 Å². The van der Waals surface area contributed by atoms with Gasteiger partial charge in [0.1, 0.15) is 6.29 Å². The Bertz CT molecular complexity index is 513. The Morgan fingerprint density at radius 1 is 1.11 bits per heavy atom. The van der Waals surface area contributed by atoms with Crippen molar-refractivity contribution in [3.8, 4) is 0 Å². The van der Waals surface area contributed by atoms with Crippen LogP contribution in [0.5, 0.6) is 0 Å². The molecule has 2 nitrogen and oxygen atoms in total. The number of unbranched alkanes of at least 4 members (excludes halogenated alkanes) is 4. The molecule has 0 N–H and O–H groups in total.